The zero-order valence-corrected chi connectivity index (χ0v) is 11.0. The highest BCUT2D eigenvalue weighted by molar-refractivity contribution is 5.56. The topological polar surface area (TPSA) is 68.1 Å². The standard InChI is InChI=1S/C14H14FN3O2/c1-10-5-6-13(18(19)20)14(17-10)16-8-7-11-3-2-4-12(15)9-11/h2-6,9H,7-8H2,1H3,(H,16,17). The molecular formula is C14H14FN3O2. The quantitative estimate of drug-likeness (QED) is 0.672. The number of nitro groups is 1. The number of halogens is 1. The van der Waals surface area contributed by atoms with Gasteiger partial charge in [-0.05, 0) is 37.1 Å². The van der Waals surface area contributed by atoms with Gasteiger partial charge in [-0.15, -0.1) is 0 Å². The number of hydrogen-bond donors (Lipinski definition) is 1. The van der Waals surface area contributed by atoms with E-state index in [1.807, 2.05) is 6.07 Å². The maximum absolute atomic E-state index is 13.0. The SMILES string of the molecule is Cc1ccc([N+](=O)[O-])c(NCCc2cccc(F)c2)n1. The van der Waals surface area contributed by atoms with Gasteiger partial charge in [-0.25, -0.2) is 9.37 Å². The molecule has 1 N–H and O–H groups in total. The highest BCUT2D eigenvalue weighted by atomic mass is 19.1. The third-order valence-electron chi connectivity index (χ3n) is 2.81. The summed E-state index contributed by atoms with van der Waals surface area (Å²) in [7, 11) is 0. The van der Waals surface area contributed by atoms with Crippen molar-refractivity contribution in [3.63, 3.8) is 0 Å². The van der Waals surface area contributed by atoms with Crippen LogP contribution >= 0.6 is 0 Å². The lowest BCUT2D eigenvalue weighted by molar-refractivity contribution is -0.384. The first-order valence-corrected chi connectivity index (χ1v) is 6.16. The second kappa shape index (κ2) is 6.10. The molecular weight excluding hydrogens is 261 g/mol. The van der Waals surface area contributed by atoms with Crippen molar-refractivity contribution in [1.82, 2.24) is 4.98 Å². The molecule has 0 amide bonds. The molecule has 1 aromatic carbocycles. The first kappa shape index (κ1) is 13.9. The Bertz CT molecular complexity index is 632. The zero-order chi connectivity index (χ0) is 14.5. The summed E-state index contributed by atoms with van der Waals surface area (Å²) in [5.74, 6) is -0.0476. The normalized spacial score (nSPS) is 10.3. The molecule has 0 unspecified atom stereocenters. The Balaban J connectivity index is 2.04. The van der Waals surface area contributed by atoms with E-state index in [9.17, 15) is 14.5 Å². The van der Waals surface area contributed by atoms with E-state index in [1.54, 1.807) is 19.1 Å². The lowest BCUT2D eigenvalue weighted by Gasteiger charge is -2.07. The van der Waals surface area contributed by atoms with Gasteiger partial charge in [-0.2, -0.15) is 0 Å². The van der Waals surface area contributed by atoms with Crippen LogP contribution in [0.1, 0.15) is 11.3 Å². The van der Waals surface area contributed by atoms with E-state index in [0.29, 0.717) is 18.7 Å². The minimum atomic E-state index is -0.475. The summed E-state index contributed by atoms with van der Waals surface area (Å²) in [6, 6.07) is 9.28. The van der Waals surface area contributed by atoms with E-state index in [-0.39, 0.29) is 17.3 Å². The Morgan fingerprint density at radius 2 is 2.15 bits per heavy atom. The lowest BCUT2D eigenvalue weighted by Crippen LogP contribution is -2.09. The molecule has 104 valence electrons. The van der Waals surface area contributed by atoms with Crippen LogP contribution in [-0.4, -0.2) is 16.5 Å². The van der Waals surface area contributed by atoms with Crippen molar-refractivity contribution in [2.24, 2.45) is 0 Å². The smallest absolute Gasteiger partial charge is 0.311 e. The van der Waals surface area contributed by atoms with Crippen LogP contribution < -0.4 is 5.32 Å². The van der Waals surface area contributed by atoms with Crippen LogP contribution in [0.2, 0.25) is 0 Å². The van der Waals surface area contributed by atoms with Gasteiger partial charge in [0.2, 0.25) is 5.82 Å². The molecule has 0 atom stereocenters. The highest BCUT2D eigenvalue weighted by Crippen LogP contribution is 2.21. The molecule has 0 fully saturated rings. The fraction of sp³-hybridized carbons (Fsp3) is 0.214. The third kappa shape index (κ3) is 3.50. The molecule has 0 aliphatic rings. The van der Waals surface area contributed by atoms with Crippen LogP contribution in [0.5, 0.6) is 0 Å². The van der Waals surface area contributed by atoms with Gasteiger partial charge in [0.25, 0.3) is 0 Å². The number of nitrogens with zero attached hydrogens (tertiary/aromatic N) is 2. The Labute approximate surface area is 115 Å². The molecule has 20 heavy (non-hydrogen) atoms. The van der Waals surface area contributed by atoms with E-state index >= 15 is 0 Å². The van der Waals surface area contributed by atoms with Crippen molar-refractivity contribution >= 4 is 11.5 Å². The van der Waals surface area contributed by atoms with Gasteiger partial charge in [0.15, 0.2) is 0 Å². The minimum Gasteiger partial charge on any atom is -0.364 e. The van der Waals surface area contributed by atoms with E-state index in [1.165, 1.54) is 18.2 Å². The number of aromatic nitrogens is 1. The first-order valence-electron chi connectivity index (χ1n) is 6.16. The summed E-state index contributed by atoms with van der Waals surface area (Å²) in [5.41, 5.74) is 1.46. The van der Waals surface area contributed by atoms with E-state index in [4.69, 9.17) is 0 Å². The van der Waals surface area contributed by atoms with Crippen molar-refractivity contribution in [3.05, 3.63) is 63.6 Å². The summed E-state index contributed by atoms with van der Waals surface area (Å²) >= 11 is 0. The van der Waals surface area contributed by atoms with Crippen molar-refractivity contribution < 1.29 is 9.31 Å². The van der Waals surface area contributed by atoms with Gasteiger partial charge in [0, 0.05) is 18.3 Å². The molecule has 2 aromatic rings. The van der Waals surface area contributed by atoms with Gasteiger partial charge in [-0.3, -0.25) is 10.1 Å². The average Bonchev–Trinajstić information content (AvgIpc) is 2.38. The van der Waals surface area contributed by atoms with Crippen molar-refractivity contribution in [1.29, 1.82) is 0 Å². The number of pyridine rings is 1. The minimum absolute atomic E-state index is 0.0603. The number of nitrogens with one attached hydrogen (secondary N) is 1. The van der Waals surface area contributed by atoms with Crippen LogP contribution in [0.15, 0.2) is 36.4 Å². The van der Waals surface area contributed by atoms with Crippen LogP contribution in [0, 0.1) is 22.9 Å². The number of aryl methyl sites for hydroxylation is 1. The Morgan fingerprint density at radius 1 is 1.35 bits per heavy atom. The van der Waals surface area contributed by atoms with Crippen molar-refractivity contribution in [3.8, 4) is 0 Å². The van der Waals surface area contributed by atoms with E-state index in [0.717, 1.165) is 5.56 Å². The Kier molecular flexibility index (Phi) is 4.24. The first-order chi connectivity index (χ1) is 9.56. The maximum atomic E-state index is 13.0. The van der Waals surface area contributed by atoms with E-state index in [2.05, 4.69) is 10.3 Å². The summed E-state index contributed by atoms with van der Waals surface area (Å²) < 4.78 is 13.0. The molecule has 0 aliphatic heterocycles. The molecule has 2 rings (SSSR count). The molecule has 1 heterocycles. The van der Waals surface area contributed by atoms with Gasteiger partial charge < -0.3 is 5.32 Å². The van der Waals surface area contributed by atoms with Crippen molar-refractivity contribution in [2.45, 2.75) is 13.3 Å². The second-order valence-electron chi connectivity index (χ2n) is 4.38. The molecule has 1 aromatic heterocycles. The number of hydrogen-bond acceptors (Lipinski definition) is 4. The van der Waals surface area contributed by atoms with Gasteiger partial charge in [-0.1, -0.05) is 12.1 Å². The number of rotatable bonds is 5. The van der Waals surface area contributed by atoms with Crippen LogP contribution in [0.25, 0.3) is 0 Å². The molecule has 0 bridgehead atoms. The molecule has 0 saturated heterocycles. The summed E-state index contributed by atoms with van der Waals surface area (Å²) in [6.07, 6.45) is 0.560. The summed E-state index contributed by atoms with van der Waals surface area (Å²) in [5, 5.41) is 13.8. The fourth-order valence-corrected chi connectivity index (χ4v) is 1.84. The van der Waals surface area contributed by atoms with Crippen LogP contribution in [0.3, 0.4) is 0 Å². The molecule has 0 saturated carbocycles. The number of benzene rings is 1. The largest absolute Gasteiger partial charge is 0.364 e. The van der Waals surface area contributed by atoms with Gasteiger partial charge >= 0.3 is 5.69 Å². The fourth-order valence-electron chi connectivity index (χ4n) is 1.84. The monoisotopic (exact) mass is 275 g/mol. The predicted octanol–water partition coefficient (Wildman–Crippen LogP) is 3.09. The summed E-state index contributed by atoms with van der Waals surface area (Å²) in [4.78, 5) is 14.5. The zero-order valence-electron chi connectivity index (χ0n) is 11.0. The molecule has 6 heteroatoms. The Hall–Kier alpha value is -2.50. The number of anilines is 1. The molecule has 0 radical (unpaired) electrons. The Morgan fingerprint density at radius 3 is 2.85 bits per heavy atom. The lowest BCUT2D eigenvalue weighted by atomic mass is 10.1. The molecule has 0 aliphatic carbocycles. The third-order valence-corrected chi connectivity index (χ3v) is 2.81. The van der Waals surface area contributed by atoms with Crippen LogP contribution in [0.4, 0.5) is 15.9 Å². The highest BCUT2D eigenvalue weighted by Gasteiger charge is 2.14. The van der Waals surface area contributed by atoms with Crippen molar-refractivity contribution in [2.75, 3.05) is 11.9 Å². The van der Waals surface area contributed by atoms with Crippen LogP contribution in [-0.2, 0) is 6.42 Å². The van der Waals surface area contributed by atoms with Gasteiger partial charge in [0.1, 0.15) is 5.82 Å². The second-order valence-corrected chi connectivity index (χ2v) is 4.38. The average molecular weight is 275 g/mol. The van der Waals surface area contributed by atoms with E-state index < -0.39 is 4.92 Å². The predicted molar refractivity (Wildman–Crippen MR) is 74.2 cm³/mol. The van der Waals surface area contributed by atoms with Gasteiger partial charge in [0.05, 0.1) is 4.92 Å². The summed E-state index contributed by atoms with van der Waals surface area (Å²) in [6.45, 7) is 2.21. The molecule has 5 nitrogen and oxygen atoms in total. The molecule has 0 spiro atoms. The maximum Gasteiger partial charge on any atom is 0.311 e.